The van der Waals surface area contributed by atoms with Crippen LogP contribution in [0.4, 0.5) is 0 Å². The second kappa shape index (κ2) is 6.06. The molecule has 0 saturated heterocycles. The summed E-state index contributed by atoms with van der Waals surface area (Å²) in [5, 5.41) is 0. The van der Waals surface area contributed by atoms with Gasteiger partial charge in [0.25, 0.3) is 0 Å². The zero-order valence-electron chi connectivity index (χ0n) is 7.49. The van der Waals surface area contributed by atoms with Crippen LogP contribution in [0.25, 0.3) is 0 Å². The van der Waals surface area contributed by atoms with Crippen molar-refractivity contribution in [3.05, 3.63) is 30.1 Å². The highest BCUT2D eigenvalue weighted by atomic mass is 32.2. The van der Waals surface area contributed by atoms with Crippen molar-refractivity contribution >= 4 is 11.8 Å². The third-order valence-electron chi connectivity index (χ3n) is 1.62. The number of nitrogens with zero attached hydrogens (tertiary/aromatic N) is 1. The van der Waals surface area contributed by atoms with Gasteiger partial charge in [0.1, 0.15) is 0 Å². The molecule has 0 saturated carbocycles. The average molecular weight is 181 g/mol. The van der Waals surface area contributed by atoms with Crippen molar-refractivity contribution in [2.24, 2.45) is 0 Å². The Morgan fingerprint density at radius 3 is 3.00 bits per heavy atom. The molecular weight excluding hydrogens is 166 g/mol. The highest BCUT2D eigenvalue weighted by Gasteiger charge is 1.92. The molecule has 2 heteroatoms. The summed E-state index contributed by atoms with van der Waals surface area (Å²) in [6.45, 7) is 2.22. The number of unbranched alkanes of at least 4 members (excludes halogenated alkanes) is 1. The Bertz CT molecular complexity index is 198. The van der Waals surface area contributed by atoms with E-state index in [1.54, 1.807) is 0 Å². The molecular formula is C10H15NS. The van der Waals surface area contributed by atoms with Gasteiger partial charge in [-0.05, 0) is 24.3 Å². The van der Waals surface area contributed by atoms with Crippen molar-refractivity contribution in [3.63, 3.8) is 0 Å². The Hall–Kier alpha value is -0.500. The van der Waals surface area contributed by atoms with E-state index in [-0.39, 0.29) is 0 Å². The number of aromatic nitrogens is 1. The quantitative estimate of drug-likeness (QED) is 0.647. The van der Waals surface area contributed by atoms with Crippen LogP contribution in [-0.4, -0.2) is 10.7 Å². The summed E-state index contributed by atoms with van der Waals surface area (Å²) >= 11 is 1.97. The molecule has 0 fully saturated rings. The van der Waals surface area contributed by atoms with Gasteiger partial charge in [0.2, 0.25) is 0 Å². The highest BCUT2D eigenvalue weighted by molar-refractivity contribution is 7.98. The van der Waals surface area contributed by atoms with Crippen molar-refractivity contribution in [1.29, 1.82) is 0 Å². The predicted octanol–water partition coefficient (Wildman–Crippen LogP) is 3.11. The first kappa shape index (κ1) is 9.59. The lowest BCUT2D eigenvalue weighted by Crippen LogP contribution is -1.86. The Morgan fingerprint density at radius 1 is 1.42 bits per heavy atom. The fraction of sp³-hybridized carbons (Fsp3) is 0.500. The van der Waals surface area contributed by atoms with E-state index in [0.29, 0.717) is 0 Å². The summed E-state index contributed by atoms with van der Waals surface area (Å²) in [4.78, 5) is 4.26. The van der Waals surface area contributed by atoms with E-state index in [1.807, 2.05) is 30.1 Å². The molecule has 0 radical (unpaired) electrons. The van der Waals surface area contributed by atoms with Crippen LogP contribution in [0, 0.1) is 0 Å². The molecule has 0 spiro atoms. The monoisotopic (exact) mass is 181 g/mol. The van der Waals surface area contributed by atoms with Crippen molar-refractivity contribution in [3.8, 4) is 0 Å². The van der Waals surface area contributed by atoms with Gasteiger partial charge in [0, 0.05) is 11.9 Å². The summed E-state index contributed by atoms with van der Waals surface area (Å²) in [5.41, 5.74) is 1.19. The molecule has 0 unspecified atom stereocenters. The van der Waals surface area contributed by atoms with Crippen LogP contribution in [-0.2, 0) is 5.75 Å². The smallest absolute Gasteiger partial charge is 0.0502 e. The van der Waals surface area contributed by atoms with Gasteiger partial charge in [0.05, 0.1) is 5.69 Å². The third kappa shape index (κ3) is 3.77. The molecule has 1 nitrogen and oxygen atoms in total. The molecule has 12 heavy (non-hydrogen) atoms. The van der Waals surface area contributed by atoms with Crippen LogP contribution < -0.4 is 0 Å². The molecule has 0 N–H and O–H groups in total. The second-order valence-corrected chi connectivity index (χ2v) is 3.83. The van der Waals surface area contributed by atoms with E-state index in [4.69, 9.17) is 0 Å². The van der Waals surface area contributed by atoms with Crippen LogP contribution in [0.5, 0.6) is 0 Å². The SMILES string of the molecule is CCCCSCc1ccccn1. The zero-order chi connectivity index (χ0) is 8.65. The summed E-state index contributed by atoms with van der Waals surface area (Å²) in [6, 6.07) is 6.09. The van der Waals surface area contributed by atoms with Gasteiger partial charge in [-0.3, -0.25) is 4.98 Å². The Kier molecular flexibility index (Phi) is 4.85. The minimum Gasteiger partial charge on any atom is -0.260 e. The Morgan fingerprint density at radius 2 is 2.33 bits per heavy atom. The number of hydrogen-bond donors (Lipinski definition) is 0. The minimum absolute atomic E-state index is 1.06. The first-order valence-electron chi connectivity index (χ1n) is 4.41. The van der Waals surface area contributed by atoms with Gasteiger partial charge in [0.15, 0.2) is 0 Å². The number of rotatable bonds is 5. The van der Waals surface area contributed by atoms with Gasteiger partial charge in [-0.25, -0.2) is 0 Å². The van der Waals surface area contributed by atoms with Gasteiger partial charge in [-0.15, -0.1) is 0 Å². The van der Waals surface area contributed by atoms with Gasteiger partial charge in [-0.1, -0.05) is 19.4 Å². The molecule has 0 aliphatic carbocycles. The topological polar surface area (TPSA) is 12.9 Å². The van der Waals surface area contributed by atoms with E-state index in [1.165, 1.54) is 24.3 Å². The Labute approximate surface area is 78.6 Å². The first-order valence-corrected chi connectivity index (χ1v) is 5.56. The van der Waals surface area contributed by atoms with Crippen LogP contribution in [0.1, 0.15) is 25.5 Å². The molecule has 0 amide bonds. The molecule has 1 aromatic heterocycles. The lowest BCUT2D eigenvalue weighted by molar-refractivity contribution is 0.895. The molecule has 0 bridgehead atoms. The summed E-state index contributed by atoms with van der Waals surface area (Å²) < 4.78 is 0. The van der Waals surface area contributed by atoms with Crippen LogP contribution >= 0.6 is 11.8 Å². The molecule has 66 valence electrons. The highest BCUT2D eigenvalue weighted by Crippen LogP contribution is 2.10. The molecule has 1 aromatic rings. The van der Waals surface area contributed by atoms with Crippen molar-refractivity contribution in [2.45, 2.75) is 25.5 Å². The minimum atomic E-state index is 1.06. The summed E-state index contributed by atoms with van der Waals surface area (Å²) in [6.07, 6.45) is 4.46. The van der Waals surface area contributed by atoms with Crippen molar-refractivity contribution in [2.75, 3.05) is 5.75 Å². The van der Waals surface area contributed by atoms with Crippen LogP contribution in [0.2, 0.25) is 0 Å². The standard InChI is InChI=1S/C10H15NS/c1-2-3-8-12-9-10-6-4-5-7-11-10/h4-7H,2-3,8-9H2,1H3. The van der Waals surface area contributed by atoms with Crippen molar-refractivity contribution < 1.29 is 0 Å². The third-order valence-corrected chi connectivity index (χ3v) is 2.70. The fourth-order valence-electron chi connectivity index (χ4n) is 0.907. The van der Waals surface area contributed by atoms with Crippen LogP contribution in [0.15, 0.2) is 24.4 Å². The summed E-state index contributed by atoms with van der Waals surface area (Å²) in [7, 11) is 0. The van der Waals surface area contributed by atoms with E-state index < -0.39 is 0 Å². The van der Waals surface area contributed by atoms with Crippen LogP contribution in [0.3, 0.4) is 0 Å². The largest absolute Gasteiger partial charge is 0.260 e. The predicted molar refractivity (Wildman–Crippen MR) is 55.3 cm³/mol. The van der Waals surface area contributed by atoms with Gasteiger partial charge < -0.3 is 0 Å². The molecule has 0 aliphatic rings. The molecule has 1 heterocycles. The summed E-state index contributed by atoms with van der Waals surface area (Å²) in [5.74, 6) is 2.31. The molecule has 0 aromatic carbocycles. The number of hydrogen-bond acceptors (Lipinski definition) is 2. The maximum Gasteiger partial charge on any atom is 0.0502 e. The van der Waals surface area contributed by atoms with E-state index in [2.05, 4.69) is 18.0 Å². The van der Waals surface area contributed by atoms with E-state index in [0.717, 1.165) is 5.75 Å². The Balaban J connectivity index is 2.16. The first-order chi connectivity index (χ1) is 5.93. The second-order valence-electron chi connectivity index (χ2n) is 2.73. The van der Waals surface area contributed by atoms with E-state index >= 15 is 0 Å². The van der Waals surface area contributed by atoms with E-state index in [9.17, 15) is 0 Å². The maximum atomic E-state index is 4.26. The maximum absolute atomic E-state index is 4.26. The number of thioether (sulfide) groups is 1. The lowest BCUT2D eigenvalue weighted by Gasteiger charge is -1.98. The van der Waals surface area contributed by atoms with Crippen molar-refractivity contribution in [1.82, 2.24) is 4.98 Å². The van der Waals surface area contributed by atoms with Gasteiger partial charge >= 0.3 is 0 Å². The molecule has 1 rings (SSSR count). The normalized spacial score (nSPS) is 10.1. The molecule has 0 aliphatic heterocycles. The lowest BCUT2D eigenvalue weighted by atomic mass is 10.4. The zero-order valence-corrected chi connectivity index (χ0v) is 8.31. The van der Waals surface area contributed by atoms with Gasteiger partial charge in [-0.2, -0.15) is 11.8 Å². The fourth-order valence-corrected chi connectivity index (χ4v) is 1.92. The average Bonchev–Trinajstić information content (AvgIpc) is 2.14. The number of pyridine rings is 1. The molecule has 0 atom stereocenters.